The van der Waals surface area contributed by atoms with Crippen molar-refractivity contribution in [2.75, 3.05) is 5.73 Å². The Bertz CT molecular complexity index is 571. The van der Waals surface area contributed by atoms with Crippen LogP contribution in [0.3, 0.4) is 0 Å². The van der Waals surface area contributed by atoms with E-state index in [0.29, 0.717) is 5.92 Å². The van der Waals surface area contributed by atoms with Crippen LogP contribution in [0.5, 0.6) is 0 Å². The third-order valence-corrected chi connectivity index (χ3v) is 5.48. The minimum Gasteiger partial charge on any atom is -0.399 e. The van der Waals surface area contributed by atoms with E-state index in [0.717, 1.165) is 18.5 Å². The molecular weight excluding hydrogens is 278 g/mol. The van der Waals surface area contributed by atoms with Gasteiger partial charge >= 0.3 is 0 Å². The molecule has 4 unspecified atom stereocenters. The summed E-state index contributed by atoms with van der Waals surface area (Å²) in [5.74, 6) is -0.0689. The first-order chi connectivity index (χ1) is 10.2. The van der Waals surface area contributed by atoms with E-state index in [-0.39, 0.29) is 23.4 Å². The SMILES string of the molecule is CC1(C)OC2C(O1)C1(C)CC(c3ccc(N)cc3)CC2(C)O1. The lowest BCUT2D eigenvalue weighted by molar-refractivity contribution is -0.242. The van der Waals surface area contributed by atoms with Gasteiger partial charge in [0.05, 0.1) is 11.2 Å². The Balaban J connectivity index is 1.67. The molecule has 2 bridgehead atoms. The van der Waals surface area contributed by atoms with E-state index in [2.05, 4.69) is 26.0 Å². The minimum atomic E-state index is -0.518. The van der Waals surface area contributed by atoms with Crippen molar-refractivity contribution in [3.8, 4) is 0 Å². The lowest BCUT2D eigenvalue weighted by Crippen LogP contribution is -2.46. The van der Waals surface area contributed by atoms with Gasteiger partial charge in [0.2, 0.25) is 0 Å². The van der Waals surface area contributed by atoms with Crippen molar-refractivity contribution < 1.29 is 14.2 Å². The highest BCUT2D eigenvalue weighted by Gasteiger charge is 2.68. The second kappa shape index (κ2) is 4.25. The molecule has 1 aromatic carbocycles. The molecule has 4 rings (SSSR count). The highest BCUT2D eigenvalue weighted by molar-refractivity contribution is 5.41. The van der Waals surface area contributed by atoms with Gasteiger partial charge in [-0.05, 0) is 64.2 Å². The molecule has 0 saturated carbocycles. The first-order valence-corrected chi connectivity index (χ1v) is 8.12. The maximum absolute atomic E-state index is 6.43. The summed E-state index contributed by atoms with van der Waals surface area (Å²) in [5, 5.41) is 0. The second-order valence-electron chi connectivity index (χ2n) is 7.98. The van der Waals surface area contributed by atoms with Crippen molar-refractivity contribution in [2.45, 2.75) is 75.7 Å². The molecule has 0 aliphatic carbocycles. The highest BCUT2D eigenvalue weighted by atomic mass is 16.8. The van der Waals surface area contributed by atoms with E-state index in [1.807, 2.05) is 26.0 Å². The zero-order valence-corrected chi connectivity index (χ0v) is 13.8. The van der Waals surface area contributed by atoms with Crippen LogP contribution in [0.1, 0.15) is 52.0 Å². The third-order valence-electron chi connectivity index (χ3n) is 5.48. The van der Waals surface area contributed by atoms with Gasteiger partial charge in [-0.15, -0.1) is 0 Å². The van der Waals surface area contributed by atoms with Gasteiger partial charge in [-0.2, -0.15) is 0 Å². The topological polar surface area (TPSA) is 53.7 Å². The normalized spacial score (nSPS) is 45.7. The number of rotatable bonds is 1. The number of fused-ring (bicyclic) bond motifs is 5. The van der Waals surface area contributed by atoms with Crippen LogP contribution in [0.4, 0.5) is 5.69 Å². The molecule has 0 aromatic heterocycles. The maximum atomic E-state index is 6.43. The molecule has 3 saturated heterocycles. The Hall–Kier alpha value is -1.10. The monoisotopic (exact) mass is 303 g/mol. The lowest BCUT2D eigenvalue weighted by Gasteiger charge is -2.43. The predicted molar refractivity (Wildman–Crippen MR) is 84.5 cm³/mol. The van der Waals surface area contributed by atoms with E-state index < -0.39 is 5.79 Å². The highest BCUT2D eigenvalue weighted by Crippen LogP contribution is 2.58. The summed E-state index contributed by atoms with van der Waals surface area (Å²) in [6.07, 6.45) is 1.91. The molecule has 3 aliphatic heterocycles. The molecule has 0 radical (unpaired) electrons. The van der Waals surface area contributed by atoms with Gasteiger partial charge in [-0.1, -0.05) is 12.1 Å². The predicted octanol–water partition coefficient (Wildman–Crippen LogP) is 3.21. The number of nitrogen functional groups attached to an aromatic ring is 1. The van der Waals surface area contributed by atoms with Gasteiger partial charge < -0.3 is 19.9 Å². The van der Waals surface area contributed by atoms with Gasteiger partial charge in [-0.3, -0.25) is 0 Å². The summed E-state index contributed by atoms with van der Waals surface area (Å²) < 4.78 is 18.8. The molecule has 3 fully saturated rings. The standard InChI is InChI=1S/C18H25NO3/c1-16(2)20-14-15(21-16)18(4)10-12(9-17(14,3)22-18)11-5-7-13(19)8-6-11/h5-8,12,14-15H,9-10,19H2,1-4H3. The molecular formula is C18H25NO3. The molecule has 4 atom stereocenters. The Morgan fingerprint density at radius 1 is 0.909 bits per heavy atom. The van der Waals surface area contributed by atoms with E-state index in [1.165, 1.54) is 5.56 Å². The Kier molecular flexibility index (Phi) is 2.80. The molecule has 4 nitrogen and oxygen atoms in total. The first-order valence-electron chi connectivity index (χ1n) is 8.12. The molecule has 120 valence electrons. The van der Waals surface area contributed by atoms with Gasteiger partial charge in [-0.25, -0.2) is 0 Å². The molecule has 1 aromatic rings. The average molecular weight is 303 g/mol. The summed E-state index contributed by atoms with van der Waals surface area (Å²) in [7, 11) is 0. The summed E-state index contributed by atoms with van der Waals surface area (Å²) in [6, 6.07) is 8.24. The Labute approximate surface area is 131 Å². The molecule has 4 heteroatoms. The number of ether oxygens (including phenoxy) is 3. The third kappa shape index (κ3) is 2.01. The van der Waals surface area contributed by atoms with Gasteiger partial charge in [0, 0.05) is 5.69 Å². The number of hydrogen-bond acceptors (Lipinski definition) is 4. The quantitative estimate of drug-likeness (QED) is 0.809. The zero-order chi connectivity index (χ0) is 15.8. The van der Waals surface area contributed by atoms with Crippen molar-refractivity contribution in [1.82, 2.24) is 0 Å². The lowest BCUT2D eigenvalue weighted by atomic mass is 9.80. The number of anilines is 1. The van der Waals surface area contributed by atoms with Crippen molar-refractivity contribution in [3.63, 3.8) is 0 Å². The van der Waals surface area contributed by atoms with Crippen molar-refractivity contribution in [2.24, 2.45) is 0 Å². The summed E-state index contributed by atoms with van der Waals surface area (Å²) >= 11 is 0. The Morgan fingerprint density at radius 3 is 1.91 bits per heavy atom. The zero-order valence-electron chi connectivity index (χ0n) is 13.8. The summed E-state index contributed by atoms with van der Waals surface area (Å²) in [4.78, 5) is 0. The molecule has 3 heterocycles. The van der Waals surface area contributed by atoms with Crippen LogP contribution in [0, 0.1) is 0 Å². The second-order valence-corrected chi connectivity index (χ2v) is 7.98. The van der Waals surface area contributed by atoms with Crippen molar-refractivity contribution in [3.05, 3.63) is 29.8 Å². The Morgan fingerprint density at radius 2 is 1.41 bits per heavy atom. The minimum absolute atomic E-state index is 0.00582. The van der Waals surface area contributed by atoms with E-state index in [4.69, 9.17) is 19.9 Å². The molecule has 0 spiro atoms. The van der Waals surface area contributed by atoms with E-state index >= 15 is 0 Å². The van der Waals surface area contributed by atoms with Gasteiger partial charge in [0.1, 0.15) is 12.2 Å². The van der Waals surface area contributed by atoms with Crippen LogP contribution in [0.2, 0.25) is 0 Å². The van der Waals surface area contributed by atoms with Crippen LogP contribution in [-0.2, 0) is 14.2 Å². The number of hydrogen-bond donors (Lipinski definition) is 1. The van der Waals surface area contributed by atoms with Crippen molar-refractivity contribution in [1.29, 1.82) is 0 Å². The number of benzene rings is 1. The van der Waals surface area contributed by atoms with Crippen LogP contribution < -0.4 is 5.73 Å². The molecule has 3 aliphatic rings. The summed E-state index contributed by atoms with van der Waals surface area (Å²) in [5.41, 5.74) is 7.36. The van der Waals surface area contributed by atoms with Crippen LogP contribution >= 0.6 is 0 Å². The van der Waals surface area contributed by atoms with Crippen LogP contribution in [-0.4, -0.2) is 29.2 Å². The van der Waals surface area contributed by atoms with E-state index in [1.54, 1.807) is 0 Å². The van der Waals surface area contributed by atoms with Gasteiger partial charge in [0.15, 0.2) is 5.79 Å². The fourth-order valence-corrected chi connectivity index (χ4v) is 4.67. The van der Waals surface area contributed by atoms with Crippen LogP contribution in [0.15, 0.2) is 24.3 Å². The fraction of sp³-hybridized carbons (Fsp3) is 0.667. The first kappa shape index (κ1) is 14.5. The molecule has 22 heavy (non-hydrogen) atoms. The number of nitrogens with two attached hydrogens (primary N) is 1. The van der Waals surface area contributed by atoms with Crippen molar-refractivity contribution >= 4 is 5.69 Å². The summed E-state index contributed by atoms with van der Waals surface area (Å²) in [6.45, 7) is 8.32. The molecule has 0 amide bonds. The smallest absolute Gasteiger partial charge is 0.164 e. The van der Waals surface area contributed by atoms with E-state index in [9.17, 15) is 0 Å². The molecule has 2 N–H and O–H groups in total. The maximum Gasteiger partial charge on any atom is 0.164 e. The van der Waals surface area contributed by atoms with Gasteiger partial charge in [0.25, 0.3) is 0 Å². The fourth-order valence-electron chi connectivity index (χ4n) is 4.67. The largest absolute Gasteiger partial charge is 0.399 e. The average Bonchev–Trinajstić information content (AvgIpc) is 2.82. The van der Waals surface area contributed by atoms with Crippen LogP contribution in [0.25, 0.3) is 0 Å².